The van der Waals surface area contributed by atoms with Gasteiger partial charge in [-0.2, -0.15) is 9.78 Å². The fourth-order valence-corrected chi connectivity index (χ4v) is 3.88. The first kappa shape index (κ1) is 20.9. The third kappa shape index (κ3) is 4.52. The molecule has 0 N–H and O–H groups in total. The highest BCUT2D eigenvalue weighted by atomic mass is 35.5. The summed E-state index contributed by atoms with van der Waals surface area (Å²) in [7, 11) is 0. The van der Waals surface area contributed by atoms with E-state index in [2.05, 4.69) is 15.3 Å². The standard InChI is InChI=1S/C19H13Cl3N4O3S/c1-30-19-25-24-18(16-3-2-6-27-16)26(19)23-9-12-4-5-13(29-12)10-28-17-14(21)7-11(20)8-15(17)22/h2-9H,10H2,1H3/b23-9-. The molecule has 0 aliphatic carbocycles. The average molecular weight is 484 g/mol. The molecule has 0 spiro atoms. The van der Waals surface area contributed by atoms with Gasteiger partial charge in [-0.15, -0.1) is 10.2 Å². The van der Waals surface area contributed by atoms with Gasteiger partial charge in [0.05, 0.1) is 22.5 Å². The zero-order chi connectivity index (χ0) is 21.1. The maximum Gasteiger partial charge on any atom is 0.221 e. The fourth-order valence-electron chi connectivity index (χ4n) is 2.52. The van der Waals surface area contributed by atoms with Crippen LogP contribution in [-0.2, 0) is 6.61 Å². The molecule has 0 fully saturated rings. The Bertz CT molecular complexity index is 1160. The second-order valence-electron chi connectivity index (χ2n) is 5.84. The van der Waals surface area contributed by atoms with E-state index in [1.807, 2.05) is 6.26 Å². The molecule has 0 aliphatic rings. The van der Waals surface area contributed by atoms with E-state index in [4.69, 9.17) is 48.4 Å². The van der Waals surface area contributed by atoms with E-state index < -0.39 is 0 Å². The lowest BCUT2D eigenvalue weighted by atomic mass is 10.3. The van der Waals surface area contributed by atoms with Crippen molar-refractivity contribution in [2.45, 2.75) is 11.8 Å². The third-order valence-corrected chi connectivity index (χ3v) is 5.24. The highest BCUT2D eigenvalue weighted by Gasteiger charge is 2.15. The first-order valence-corrected chi connectivity index (χ1v) is 10.8. The summed E-state index contributed by atoms with van der Waals surface area (Å²) in [6, 6.07) is 10.2. The molecule has 0 saturated heterocycles. The van der Waals surface area contributed by atoms with E-state index in [1.165, 1.54) is 11.8 Å². The normalized spacial score (nSPS) is 11.5. The van der Waals surface area contributed by atoms with Crippen LogP contribution in [0, 0.1) is 0 Å². The molecule has 0 bridgehead atoms. The minimum atomic E-state index is 0.134. The molecule has 4 rings (SSSR count). The molecule has 4 aromatic rings. The molecule has 7 nitrogen and oxygen atoms in total. The van der Waals surface area contributed by atoms with Crippen LogP contribution in [-0.4, -0.2) is 27.3 Å². The van der Waals surface area contributed by atoms with E-state index >= 15 is 0 Å². The first-order chi connectivity index (χ1) is 14.5. The van der Waals surface area contributed by atoms with Gasteiger partial charge in [-0.05, 0) is 42.7 Å². The summed E-state index contributed by atoms with van der Waals surface area (Å²) in [4.78, 5) is 0. The van der Waals surface area contributed by atoms with Crippen molar-refractivity contribution in [3.8, 4) is 17.3 Å². The lowest BCUT2D eigenvalue weighted by Crippen LogP contribution is -1.96. The van der Waals surface area contributed by atoms with Crippen LogP contribution < -0.4 is 4.74 Å². The van der Waals surface area contributed by atoms with Crippen molar-refractivity contribution in [3.63, 3.8) is 0 Å². The summed E-state index contributed by atoms with van der Waals surface area (Å²) in [6.07, 6.45) is 5.01. The van der Waals surface area contributed by atoms with Gasteiger partial charge < -0.3 is 13.6 Å². The minimum absolute atomic E-state index is 0.134. The predicted octanol–water partition coefficient (Wildman–Crippen LogP) is 6.27. The molecule has 0 saturated carbocycles. The van der Waals surface area contributed by atoms with Crippen molar-refractivity contribution in [1.29, 1.82) is 0 Å². The topological polar surface area (TPSA) is 78.6 Å². The van der Waals surface area contributed by atoms with Crippen LogP contribution in [0.3, 0.4) is 0 Å². The molecule has 3 aromatic heterocycles. The largest absolute Gasteiger partial charge is 0.483 e. The molecular formula is C19H13Cl3N4O3S. The van der Waals surface area contributed by atoms with E-state index in [1.54, 1.807) is 53.6 Å². The number of aromatic nitrogens is 3. The Kier molecular flexibility index (Phi) is 6.38. The summed E-state index contributed by atoms with van der Waals surface area (Å²) in [5.41, 5.74) is 0. The van der Waals surface area contributed by atoms with Crippen molar-refractivity contribution in [2.24, 2.45) is 5.10 Å². The van der Waals surface area contributed by atoms with Crippen molar-refractivity contribution in [3.05, 3.63) is 69.2 Å². The summed E-state index contributed by atoms with van der Waals surface area (Å²) >= 11 is 19.6. The number of rotatable bonds is 7. The number of thioether (sulfide) groups is 1. The van der Waals surface area contributed by atoms with E-state index in [-0.39, 0.29) is 6.61 Å². The molecule has 3 heterocycles. The third-order valence-electron chi connectivity index (χ3n) is 3.84. The van der Waals surface area contributed by atoms with Gasteiger partial charge in [0.1, 0.15) is 18.1 Å². The number of ether oxygens (including phenoxy) is 1. The summed E-state index contributed by atoms with van der Waals surface area (Å²) in [5.74, 6) is 2.48. The van der Waals surface area contributed by atoms with Gasteiger partial charge in [0.25, 0.3) is 0 Å². The van der Waals surface area contributed by atoms with Crippen LogP contribution in [0.25, 0.3) is 11.6 Å². The minimum Gasteiger partial charge on any atom is -0.483 e. The van der Waals surface area contributed by atoms with Gasteiger partial charge in [0, 0.05) is 5.02 Å². The summed E-state index contributed by atoms with van der Waals surface area (Å²) in [5, 5.41) is 14.4. The highest BCUT2D eigenvalue weighted by molar-refractivity contribution is 7.98. The Labute approximate surface area is 190 Å². The van der Waals surface area contributed by atoms with Crippen molar-refractivity contribution in [1.82, 2.24) is 14.9 Å². The first-order valence-electron chi connectivity index (χ1n) is 8.49. The molecule has 0 radical (unpaired) electrons. The zero-order valence-corrected chi connectivity index (χ0v) is 18.5. The quantitative estimate of drug-likeness (QED) is 0.227. The van der Waals surface area contributed by atoms with Crippen LogP contribution in [0.1, 0.15) is 11.5 Å². The molecule has 0 atom stereocenters. The van der Waals surface area contributed by atoms with Gasteiger partial charge in [-0.3, -0.25) is 0 Å². The maximum absolute atomic E-state index is 6.13. The number of nitrogens with zero attached hydrogens (tertiary/aromatic N) is 4. The van der Waals surface area contributed by atoms with Gasteiger partial charge in [-0.25, -0.2) is 0 Å². The Balaban J connectivity index is 1.49. The van der Waals surface area contributed by atoms with Crippen LogP contribution in [0.2, 0.25) is 15.1 Å². The SMILES string of the molecule is CSc1nnc(-c2ccco2)n1/N=C\c1ccc(COc2c(Cl)cc(Cl)cc2Cl)o1. The fraction of sp³-hybridized carbons (Fsp3) is 0.105. The van der Waals surface area contributed by atoms with E-state index in [0.29, 0.717) is 49.1 Å². The second kappa shape index (κ2) is 9.18. The van der Waals surface area contributed by atoms with Crippen LogP contribution in [0.4, 0.5) is 0 Å². The second-order valence-corrected chi connectivity index (χ2v) is 7.86. The van der Waals surface area contributed by atoms with E-state index in [9.17, 15) is 0 Å². The van der Waals surface area contributed by atoms with Crippen molar-refractivity contribution >= 4 is 52.8 Å². The van der Waals surface area contributed by atoms with Gasteiger partial charge >= 0.3 is 0 Å². The average Bonchev–Trinajstić information content (AvgIpc) is 3.45. The summed E-state index contributed by atoms with van der Waals surface area (Å²) < 4.78 is 18.4. The Hall–Kier alpha value is -2.39. The molecule has 11 heteroatoms. The van der Waals surface area contributed by atoms with Crippen LogP contribution >= 0.6 is 46.6 Å². The van der Waals surface area contributed by atoms with Crippen LogP contribution in [0.15, 0.2) is 61.8 Å². The highest BCUT2D eigenvalue weighted by Crippen LogP contribution is 2.36. The van der Waals surface area contributed by atoms with E-state index in [0.717, 1.165) is 0 Å². The molecule has 0 unspecified atom stereocenters. The van der Waals surface area contributed by atoms with Gasteiger partial charge in [0.15, 0.2) is 11.5 Å². The lowest BCUT2D eigenvalue weighted by molar-refractivity contribution is 0.270. The smallest absolute Gasteiger partial charge is 0.221 e. The molecular weight excluding hydrogens is 471 g/mol. The zero-order valence-electron chi connectivity index (χ0n) is 15.4. The number of hydrogen-bond acceptors (Lipinski definition) is 7. The van der Waals surface area contributed by atoms with Gasteiger partial charge in [0.2, 0.25) is 11.0 Å². The Morgan fingerprint density at radius 1 is 1.17 bits per heavy atom. The monoisotopic (exact) mass is 482 g/mol. The number of furan rings is 2. The predicted molar refractivity (Wildman–Crippen MR) is 117 cm³/mol. The van der Waals surface area contributed by atoms with Gasteiger partial charge in [-0.1, -0.05) is 46.6 Å². The molecule has 0 aliphatic heterocycles. The number of hydrogen-bond donors (Lipinski definition) is 0. The van der Waals surface area contributed by atoms with Crippen molar-refractivity contribution < 1.29 is 13.6 Å². The van der Waals surface area contributed by atoms with Crippen molar-refractivity contribution in [2.75, 3.05) is 6.26 Å². The molecule has 1 aromatic carbocycles. The summed E-state index contributed by atoms with van der Waals surface area (Å²) in [6.45, 7) is 0.134. The molecule has 0 amide bonds. The van der Waals surface area contributed by atoms with Crippen LogP contribution in [0.5, 0.6) is 5.75 Å². The maximum atomic E-state index is 6.13. The molecule has 154 valence electrons. The number of halogens is 3. The Morgan fingerprint density at radius 2 is 1.97 bits per heavy atom. The number of benzene rings is 1. The molecule has 30 heavy (non-hydrogen) atoms. The lowest BCUT2D eigenvalue weighted by Gasteiger charge is -2.08. The Morgan fingerprint density at radius 3 is 2.67 bits per heavy atom.